The Morgan fingerprint density at radius 2 is 2.14 bits per heavy atom. The Morgan fingerprint density at radius 1 is 1.34 bits per heavy atom. The molecule has 7 nitrogen and oxygen atoms in total. The summed E-state index contributed by atoms with van der Waals surface area (Å²) in [5, 5.41) is 3.43. The Morgan fingerprint density at radius 3 is 2.86 bits per heavy atom. The van der Waals surface area contributed by atoms with Crippen molar-refractivity contribution in [2.24, 2.45) is 0 Å². The summed E-state index contributed by atoms with van der Waals surface area (Å²) in [5.74, 6) is 0.456. The van der Waals surface area contributed by atoms with Gasteiger partial charge in [0.25, 0.3) is 5.91 Å². The smallest absolute Gasteiger partial charge is 0.257 e. The van der Waals surface area contributed by atoms with E-state index in [1.807, 2.05) is 6.07 Å². The maximum atomic E-state index is 12.6. The maximum absolute atomic E-state index is 12.6. The van der Waals surface area contributed by atoms with Crippen molar-refractivity contribution >= 4 is 54.2 Å². The number of nitrogens with one attached hydrogen (secondary N) is 1. The molecule has 0 spiro atoms. The molecular formula is C20H21BrN4O3S. The van der Waals surface area contributed by atoms with Crippen molar-refractivity contribution in [2.45, 2.75) is 18.9 Å². The molecule has 152 valence electrons. The van der Waals surface area contributed by atoms with Crippen LogP contribution in [0.2, 0.25) is 0 Å². The van der Waals surface area contributed by atoms with Gasteiger partial charge in [-0.3, -0.25) is 10.1 Å². The minimum absolute atomic E-state index is 0.231. The number of ether oxygens (including phenoxy) is 2. The number of aromatic nitrogens is 2. The Labute approximate surface area is 181 Å². The lowest BCUT2D eigenvalue weighted by Crippen LogP contribution is -2.36. The zero-order valence-corrected chi connectivity index (χ0v) is 18.5. The number of carbonyl (C=O) groups is 1. The normalized spacial score (nSPS) is 14.7. The summed E-state index contributed by atoms with van der Waals surface area (Å²) in [5.41, 5.74) is 2.34. The highest BCUT2D eigenvalue weighted by atomic mass is 79.9. The summed E-state index contributed by atoms with van der Waals surface area (Å²) >= 11 is 4.74. The Hall–Kier alpha value is -2.23. The number of carbonyl (C=O) groups excluding carboxylic acids is 1. The third-order valence-corrected chi connectivity index (χ3v) is 6.46. The first-order chi connectivity index (χ1) is 14.1. The second-order valence-corrected chi connectivity index (χ2v) is 8.57. The largest absolute Gasteiger partial charge is 0.494 e. The van der Waals surface area contributed by atoms with E-state index in [0.717, 1.165) is 42.0 Å². The van der Waals surface area contributed by atoms with Gasteiger partial charge >= 0.3 is 0 Å². The van der Waals surface area contributed by atoms with Gasteiger partial charge in [-0.1, -0.05) is 11.3 Å². The lowest BCUT2D eigenvalue weighted by molar-refractivity contribution is 0.0855. The summed E-state index contributed by atoms with van der Waals surface area (Å²) in [7, 11) is 3.73. The molecule has 3 aromatic rings. The van der Waals surface area contributed by atoms with Gasteiger partial charge in [0.15, 0.2) is 5.13 Å². The van der Waals surface area contributed by atoms with Crippen molar-refractivity contribution in [1.29, 1.82) is 0 Å². The van der Waals surface area contributed by atoms with Crippen molar-refractivity contribution in [3.05, 3.63) is 40.6 Å². The second-order valence-electron chi connectivity index (χ2n) is 6.76. The van der Waals surface area contributed by atoms with Crippen molar-refractivity contribution in [1.82, 2.24) is 9.97 Å². The van der Waals surface area contributed by atoms with Crippen LogP contribution < -0.4 is 15.0 Å². The monoisotopic (exact) mass is 476 g/mol. The molecule has 0 bridgehead atoms. The van der Waals surface area contributed by atoms with Crippen molar-refractivity contribution in [3.8, 4) is 5.75 Å². The number of methoxy groups -OCH3 is 1. The van der Waals surface area contributed by atoms with Crippen LogP contribution in [0.1, 0.15) is 23.2 Å². The number of fused-ring (bicyclic) bond motifs is 1. The standard InChI is InChI=1S/C20H21BrN4O3S/c1-25(13-6-9-28-10-7-13)14-3-4-15(27-2)17-18(14)29-20(23-17)24-19(26)12-5-8-22-16(21)11-12/h3-5,8,11,13H,6-7,9-10H2,1-2H3,(H,23,24,26). The van der Waals surface area contributed by atoms with Crippen LogP contribution in [0.15, 0.2) is 35.1 Å². The Bertz CT molecular complexity index is 1040. The number of anilines is 2. The van der Waals surface area contributed by atoms with E-state index < -0.39 is 0 Å². The lowest BCUT2D eigenvalue weighted by Gasteiger charge is -2.33. The van der Waals surface area contributed by atoms with E-state index in [2.05, 4.69) is 49.2 Å². The molecule has 2 aromatic heterocycles. The molecule has 0 radical (unpaired) electrons. The van der Waals surface area contributed by atoms with E-state index in [9.17, 15) is 4.79 Å². The van der Waals surface area contributed by atoms with Crippen molar-refractivity contribution in [2.75, 3.05) is 37.6 Å². The molecule has 1 aromatic carbocycles. The van der Waals surface area contributed by atoms with Crippen molar-refractivity contribution < 1.29 is 14.3 Å². The molecule has 1 N–H and O–H groups in total. The highest BCUT2D eigenvalue weighted by molar-refractivity contribution is 9.10. The van der Waals surface area contributed by atoms with Gasteiger partial charge in [0.1, 0.15) is 15.9 Å². The molecule has 29 heavy (non-hydrogen) atoms. The molecule has 9 heteroatoms. The van der Waals surface area contributed by atoms with Crippen LogP contribution in [0, 0.1) is 0 Å². The Balaban J connectivity index is 1.67. The van der Waals surface area contributed by atoms with Gasteiger partial charge in [-0.25, -0.2) is 9.97 Å². The van der Waals surface area contributed by atoms with Gasteiger partial charge in [0.2, 0.25) is 0 Å². The molecule has 4 rings (SSSR count). The molecule has 1 amide bonds. The summed E-state index contributed by atoms with van der Waals surface area (Å²) in [6.07, 6.45) is 3.56. The van der Waals surface area contributed by atoms with Gasteiger partial charge in [0.05, 0.1) is 17.5 Å². The molecule has 3 heterocycles. The molecule has 0 unspecified atom stereocenters. The zero-order chi connectivity index (χ0) is 20.4. The third kappa shape index (κ3) is 4.22. The van der Waals surface area contributed by atoms with E-state index in [-0.39, 0.29) is 5.91 Å². The number of halogens is 1. The minimum atomic E-state index is -0.231. The number of nitrogens with zero attached hydrogens (tertiary/aromatic N) is 3. The fourth-order valence-corrected chi connectivity index (χ4v) is 4.85. The van der Waals surface area contributed by atoms with Gasteiger partial charge in [-0.05, 0) is 53.0 Å². The van der Waals surface area contributed by atoms with Gasteiger partial charge in [-0.2, -0.15) is 0 Å². The average Bonchev–Trinajstić information content (AvgIpc) is 3.16. The van der Waals surface area contributed by atoms with E-state index in [0.29, 0.717) is 27.1 Å². The molecule has 1 aliphatic rings. The summed E-state index contributed by atoms with van der Waals surface area (Å²) in [6.45, 7) is 1.56. The van der Waals surface area contributed by atoms with Gasteiger partial charge < -0.3 is 14.4 Å². The predicted octanol–water partition coefficient (Wildman–Crippen LogP) is 4.33. The average molecular weight is 477 g/mol. The summed E-state index contributed by atoms with van der Waals surface area (Å²) in [6, 6.07) is 7.74. The van der Waals surface area contributed by atoms with Crippen LogP contribution in [-0.2, 0) is 4.74 Å². The summed E-state index contributed by atoms with van der Waals surface area (Å²) < 4.78 is 12.6. The third-order valence-electron chi connectivity index (χ3n) is 5.03. The SMILES string of the molecule is COc1ccc(N(C)C2CCOCC2)c2sc(NC(=O)c3ccnc(Br)c3)nc12. The van der Waals surface area contributed by atoms with E-state index >= 15 is 0 Å². The van der Waals surface area contributed by atoms with E-state index in [4.69, 9.17) is 9.47 Å². The van der Waals surface area contributed by atoms with Crippen LogP contribution >= 0.6 is 27.3 Å². The zero-order valence-electron chi connectivity index (χ0n) is 16.1. The fourth-order valence-electron chi connectivity index (χ4n) is 3.45. The molecule has 0 saturated carbocycles. The molecule has 0 aliphatic carbocycles. The van der Waals surface area contributed by atoms with Crippen LogP contribution in [0.5, 0.6) is 5.75 Å². The highest BCUT2D eigenvalue weighted by Crippen LogP contribution is 2.40. The molecule has 1 saturated heterocycles. The van der Waals surface area contributed by atoms with Crippen LogP contribution in [-0.4, -0.2) is 49.3 Å². The number of rotatable bonds is 5. The lowest BCUT2D eigenvalue weighted by atomic mass is 10.1. The van der Waals surface area contributed by atoms with Crippen LogP contribution in [0.25, 0.3) is 10.2 Å². The van der Waals surface area contributed by atoms with Crippen LogP contribution in [0.3, 0.4) is 0 Å². The molecule has 1 fully saturated rings. The van der Waals surface area contributed by atoms with E-state index in [1.165, 1.54) is 11.3 Å². The number of benzene rings is 1. The quantitative estimate of drug-likeness (QED) is 0.552. The molecule has 0 atom stereocenters. The maximum Gasteiger partial charge on any atom is 0.257 e. The highest BCUT2D eigenvalue weighted by Gasteiger charge is 2.23. The first kappa shape index (κ1) is 20.1. The fraction of sp³-hybridized carbons (Fsp3) is 0.350. The van der Waals surface area contributed by atoms with E-state index in [1.54, 1.807) is 25.4 Å². The first-order valence-corrected chi connectivity index (χ1v) is 10.9. The number of pyridine rings is 1. The summed E-state index contributed by atoms with van der Waals surface area (Å²) in [4.78, 5) is 23.6. The van der Waals surface area contributed by atoms with Gasteiger partial charge in [-0.15, -0.1) is 0 Å². The predicted molar refractivity (Wildman–Crippen MR) is 118 cm³/mol. The molecule has 1 aliphatic heterocycles. The topological polar surface area (TPSA) is 76.6 Å². The van der Waals surface area contributed by atoms with Crippen LogP contribution in [0.4, 0.5) is 10.8 Å². The van der Waals surface area contributed by atoms with Crippen molar-refractivity contribution in [3.63, 3.8) is 0 Å². The minimum Gasteiger partial charge on any atom is -0.494 e. The number of thiazole rings is 1. The second kappa shape index (κ2) is 8.64. The first-order valence-electron chi connectivity index (χ1n) is 9.28. The van der Waals surface area contributed by atoms with Gasteiger partial charge in [0, 0.05) is 38.1 Å². The number of hydrogen-bond acceptors (Lipinski definition) is 7. The number of amides is 1. The number of hydrogen-bond donors (Lipinski definition) is 1. The molecular weight excluding hydrogens is 456 g/mol. The Kier molecular flexibility index (Phi) is 5.98.